The number of hydrogen-bond acceptors (Lipinski definition) is 4. The minimum Gasteiger partial charge on any atom is -0.493 e. The van der Waals surface area contributed by atoms with Crippen LogP contribution < -0.4 is 14.8 Å². The van der Waals surface area contributed by atoms with Gasteiger partial charge in [-0.1, -0.05) is 49.6 Å². The van der Waals surface area contributed by atoms with E-state index < -0.39 is 5.97 Å². The van der Waals surface area contributed by atoms with E-state index in [9.17, 15) is 14.7 Å². The zero-order valence-corrected chi connectivity index (χ0v) is 20.7. The number of carbonyl (C=O) groups excluding carboxylic acids is 1. The monoisotopic (exact) mass is 487 g/mol. The van der Waals surface area contributed by atoms with Gasteiger partial charge in [-0.05, 0) is 71.0 Å². The van der Waals surface area contributed by atoms with Gasteiger partial charge in [-0.2, -0.15) is 0 Å². The molecule has 6 nitrogen and oxygen atoms in total. The van der Waals surface area contributed by atoms with E-state index in [-0.39, 0.29) is 30.9 Å². The third kappa shape index (κ3) is 5.48. The first-order valence-corrected chi connectivity index (χ1v) is 12.9. The molecule has 1 saturated carbocycles. The molecule has 0 bridgehead atoms. The maximum Gasteiger partial charge on any atom is 0.304 e. The zero-order valence-electron chi connectivity index (χ0n) is 20.7. The number of benzene rings is 3. The lowest BCUT2D eigenvalue weighted by atomic mass is 9.84. The summed E-state index contributed by atoms with van der Waals surface area (Å²) in [6, 6.07) is 16.2. The molecule has 0 spiro atoms. The molecule has 5 rings (SSSR count). The second kappa shape index (κ2) is 10.6. The fourth-order valence-electron chi connectivity index (χ4n) is 5.52. The smallest absolute Gasteiger partial charge is 0.304 e. The lowest BCUT2D eigenvalue weighted by Gasteiger charge is -2.22. The Balaban J connectivity index is 1.36. The first-order valence-electron chi connectivity index (χ1n) is 12.9. The highest BCUT2D eigenvalue weighted by atomic mass is 16.5. The van der Waals surface area contributed by atoms with Gasteiger partial charge in [0.05, 0.1) is 13.0 Å². The summed E-state index contributed by atoms with van der Waals surface area (Å²) in [6.45, 7) is 2.66. The van der Waals surface area contributed by atoms with Crippen LogP contribution in [0.1, 0.15) is 66.7 Å². The quantitative estimate of drug-likeness (QED) is 0.437. The summed E-state index contributed by atoms with van der Waals surface area (Å²) in [5, 5.41) is 14.8. The number of fused-ring (bicyclic) bond motifs is 2. The first-order chi connectivity index (χ1) is 17.5. The Morgan fingerprint density at radius 3 is 2.67 bits per heavy atom. The van der Waals surface area contributed by atoms with E-state index in [0.717, 1.165) is 58.0 Å². The van der Waals surface area contributed by atoms with Crippen LogP contribution in [0.4, 0.5) is 0 Å². The fourth-order valence-corrected chi connectivity index (χ4v) is 5.52. The van der Waals surface area contributed by atoms with Crippen molar-refractivity contribution in [2.75, 3.05) is 13.2 Å². The van der Waals surface area contributed by atoms with E-state index >= 15 is 0 Å². The number of aryl methyl sites for hydroxylation is 1. The van der Waals surface area contributed by atoms with E-state index in [4.69, 9.17) is 9.47 Å². The van der Waals surface area contributed by atoms with Crippen LogP contribution in [0.5, 0.6) is 11.5 Å². The van der Waals surface area contributed by atoms with Gasteiger partial charge >= 0.3 is 5.97 Å². The standard InChI is InChI=1S/C30H33NO5/c1-19-13-28-22(11-12-35-28)16-26(19)27(17-30(33)34)21-8-7-20-9-10-25(15-23(20)14-21)36-18-29(32)31-24-5-3-2-4-6-24/h7-10,13-16,24,27H,2-6,11-12,17-18H2,1H3,(H,31,32)(H,33,34). The van der Waals surface area contributed by atoms with E-state index in [1.54, 1.807) is 0 Å². The summed E-state index contributed by atoms with van der Waals surface area (Å²) < 4.78 is 11.5. The summed E-state index contributed by atoms with van der Waals surface area (Å²) in [5.74, 6) is 0.325. The molecule has 1 aliphatic carbocycles. The Morgan fingerprint density at radius 2 is 1.86 bits per heavy atom. The first kappa shape index (κ1) is 24.2. The molecule has 1 amide bonds. The highest BCUT2D eigenvalue weighted by molar-refractivity contribution is 5.85. The Labute approximate surface area is 211 Å². The van der Waals surface area contributed by atoms with Gasteiger partial charge in [0.15, 0.2) is 6.61 Å². The van der Waals surface area contributed by atoms with Gasteiger partial charge in [0.1, 0.15) is 11.5 Å². The van der Waals surface area contributed by atoms with Crippen LogP contribution in [0.2, 0.25) is 0 Å². The molecule has 188 valence electrons. The van der Waals surface area contributed by atoms with Crippen molar-refractivity contribution in [1.29, 1.82) is 0 Å². The van der Waals surface area contributed by atoms with E-state index in [0.29, 0.717) is 12.4 Å². The molecule has 2 aliphatic rings. The van der Waals surface area contributed by atoms with Crippen molar-refractivity contribution in [1.82, 2.24) is 5.32 Å². The maximum atomic E-state index is 12.4. The lowest BCUT2D eigenvalue weighted by Crippen LogP contribution is -2.38. The summed E-state index contributed by atoms with van der Waals surface area (Å²) in [5.41, 5.74) is 4.13. The number of carboxylic acid groups (broad SMARTS) is 1. The summed E-state index contributed by atoms with van der Waals surface area (Å²) >= 11 is 0. The molecular weight excluding hydrogens is 454 g/mol. The third-order valence-electron chi connectivity index (χ3n) is 7.41. The van der Waals surface area contributed by atoms with Crippen LogP contribution in [0.3, 0.4) is 0 Å². The molecule has 0 saturated heterocycles. The van der Waals surface area contributed by atoms with Crippen molar-refractivity contribution in [3.05, 3.63) is 70.8 Å². The minimum atomic E-state index is -0.836. The Bertz CT molecular complexity index is 1280. The number of rotatable bonds is 8. The molecule has 1 heterocycles. The van der Waals surface area contributed by atoms with Crippen molar-refractivity contribution in [2.24, 2.45) is 0 Å². The van der Waals surface area contributed by atoms with Crippen molar-refractivity contribution in [2.45, 2.75) is 63.8 Å². The average Bonchev–Trinajstić information content (AvgIpc) is 3.33. The second-order valence-electron chi connectivity index (χ2n) is 10.0. The predicted octanol–water partition coefficient (Wildman–Crippen LogP) is 5.52. The summed E-state index contributed by atoms with van der Waals surface area (Å²) in [4.78, 5) is 24.2. The molecular formula is C30H33NO5. The van der Waals surface area contributed by atoms with Crippen molar-refractivity contribution in [3.8, 4) is 11.5 Å². The van der Waals surface area contributed by atoms with Crippen LogP contribution >= 0.6 is 0 Å². The molecule has 36 heavy (non-hydrogen) atoms. The Morgan fingerprint density at radius 1 is 1.06 bits per heavy atom. The van der Waals surface area contributed by atoms with Crippen molar-refractivity contribution in [3.63, 3.8) is 0 Å². The number of nitrogens with one attached hydrogen (secondary N) is 1. The number of amides is 1. The maximum absolute atomic E-state index is 12.4. The SMILES string of the molecule is Cc1cc2c(cc1C(CC(=O)O)c1ccc3ccc(OCC(=O)NC4CCCCC4)cc3c1)CCO2. The fraction of sp³-hybridized carbons (Fsp3) is 0.400. The zero-order chi connectivity index (χ0) is 25.1. The van der Waals surface area contributed by atoms with Crippen LogP contribution in [0.25, 0.3) is 10.8 Å². The Kier molecular flexibility index (Phi) is 7.12. The molecule has 1 atom stereocenters. The van der Waals surface area contributed by atoms with Gasteiger partial charge in [-0.15, -0.1) is 0 Å². The van der Waals surface area contributed by atoms with Gasteiger partial charge in [-0.25, -0.2) is 0 Å². The van der Waals surface area contributed by atoms with E-state index in [1.165, 1.54) is 19.3 Å². The van der Waals surface area contributed by atoms with Gasteiger partial charge in [0.25, 0.3) is 5.91 Å². The van der Waals surface area contributed by atoms with Gasteiger partial charge in [0.2, 0.25) is 0 Å². The largest absolute Gasteiger partial charge is 0.493 e. The summed E-state index contributed by atoms with van der Waals surface area (Å²) in [6.07, 6.45) is 6.51. The molecule has 0 radical (unpaired) electrons. The molecule has 1 aliphatic heterocycles. The van der Waals surface area contributed by atoms with Gasteiger partial charge < -0.3 is 19.9 Å². The second-order valence-corrected chi connectivity index (χ2v) is 10.0. The number of aliphatic carboxylic acids is 1. The van der Waals surface area contributed by atoms with Crippen LogP contribution in [0, 0.1) is 6.92 Å². The highest BCUT2D eigenvalue weighted by Gasteiger charge is 2.24. The van der Waals surface area contributed by atoms with Gasteiger partial charge in [0, 0.05) is 18.4 Å². The van der Waals surface area contributed by atoms with E-state index in [2.05, 4.69) is 11.4 Å². The number of carboxylic acids is 1. The molecule has 6 heteroatoms. The predicted molar refractivity (Wildman–Crippen MR) is 139 cm³/mol. The third-order valence-corrected chi connectivity index (χ3v) is 7.41. The van der Waals surface area contributed by atoms with Crippen molar-refractivity contribution >= 4 is 22.6 Å². The van der Waals surface area contributed by atoms with Crippen LogP contribution in [0.15, 0.2) is 48.5 Å². The summed E-state index contributed by atoms with van der Waals surface area (Å²) in [7, 11) is 0. The van der Waals surface area contributed by atoms with Crippen LogP contribution in [-0.4, -0.2) is 36.2 Å². The number of carbonyl (C=O) groups is 2. The lowest BCUT2D eigenvalue weighted by molar-refractivity contribution is -0.137. The molecule has 3 aromatic rings. The minimum absolute atomic E-state index is 0.00349. The molecule has 0 aromatic heterocycles. The van der Waals surface area contributed by atoms with E-state index in [1.807, 2.05) is 49.4 Å². The number of hydrogen-bond donors (Lipinski definition) is 2. The normalized spacial score (nSPS) is 16.2. The average molecular weight is 488 g/mol. The topological polar surface area (TPSA) is 84.9 Å². The molecule has 3 aromatic carbocycles. The molecule has 1 fully saturated rings. The van der Waals surface area contributed by atoms with Crippen LogP contribution in [-0.2, 0) is 16.0 Å². The molecule has 2 N–H and O–H groups in total. The molecule has 1 unspecified atom stereocenters. The highest BCUT2D eigenvalue weighted by Crippen LogP contribution is 2.37. The number of ether oxygens (including phenoxy) is 2. The van der Waals surface area contributed by atoms with Gasteiger partial charge in [-0.3, -0.25) is 9.59 Å². The van der Waals surface area contributed by atoms with Crippen molar-refractivity contribution < 1.29 is 24.2 Å². The Hall–Kier alpha value is -3.54.